The van der Waals surface area contributed by atoms with Crippen LogP contribution in [0.25, 0.3) is 0 Å². The van der Waals surface area contributed by atoms with E-state index < -0.39 is 0 Å². The number of aliphatic imine (C=N–C) groups is 1. The molecule has 0 unspecified atom stereocenters. The molecule has 0 saturated heterocycles. The number of hydrogen-bond donors (Lipinski definition) is 0. The molecular formula is C9H22N3+. The number of rotatable bonds is 1. The maximum atomic E-state index is 4.30. The van der Waals surface area contributed by atoms with E-state index in [2.05, 4.69) is 37.8 Å². The molecule has 0 atom stereocenters. The van der Waals surface area contributed by atoms with Gasteiger partial charge in [0.2, 0.25) is 0 Å². The summed E-state index contributed by atoms with van der Waals surface area (Å²) in [5.41, 5.74) is 0. The monoisotopic (exact) mass is 172 g/mol. The highest BCUT2D eigenvalue weighted by Crippen LogP contribution is 2.08. The second kappa shape index (κ2) is 3.90. The molecule has 0 rings (SSSR count). The minimum atomic E-state index is 0.547. The number of quaternary nitrogens is 1. The van der Waals surface area contributed by atoms with E-state index in [0.29, 0.717) is 6.04 Å². The summed E-state index contributed by atoms with van der Waals surface area (Å²) < 4.78 is 0.823. The lowest BCUT2D eigenvalue weighted by molar-refractivity contribution is -0.828. The summed E-state index contributed by atoms with van der Waals surface area (Å²) in [4.78, 5) is 6.36. The summed E-state index contributed by atoms with van der Waals surface area (Å²) in [6.07, 6.45) is 0. The molecule has 0 radical (unpaired) electrons. The van der Waals surface area contributed by atoms with Crippen LogP contribution in [0, 0.1) is 0 Å². The molecule has 3 nitrogen and oxygen atoms in total. The van der Waals surface area contributed by atoms with Crippen molar-refractivity contribution in [1.82, 2.24) is 4.90 Å². The summed E-state index contributed by atoms with van der Waals surface area (Å²) in [6, 6.07) is 0.547. The van der Waals surface area contributed by atoms with Gasteiger partial charge in [-0.1, -0.05) is 0 Å². The van der Waals surface area contributed by atoms with Gasteiger partial charge in [-0.3, -0.25) is 4.48 Å². The topological polar surface area (TPSA) is 15.6 Å². The van der Waals surface area contributed by atoms with Crippen LogP contribution in [0.3, 0.4) is 0 Å². The van der Waals surface area contributed by atoms with Crippen LogP contribution in [0.1, 0.15) is 13.8 Å². The quantitative estimate of drug-likeness (QED) is 0.327. The third-order valence-electron chi connectivity index (χ3n) is 2.41. The van der Waals surface area contributed by atoms with E-state index in [9.17, 15) is 0 Å². The van der Waals surface area contributed by atoms with Gasteiger partial charge in [0.1, 0.15) is 0 Å². The molecule has 12 heavy (non-hydrogen) atoms. The van der Waals surface area contributed by atoms with E-state index in [1.807, 2.05) is 21.1 Å². The molecule has 0 aliphatic heterocycles. The van der Waals surface area contributed by atoms with E-state index in [4.69, 9.17) is 0 Å². The van der Waals surface area contributed by atoms with Crippen LogP contribution < -0.4 is 0 Å². The molecule has 0 aliphatic carbocycles. The van der Waals surface area contributed by atoms with Gasteiger partial charge < -0.3 is 4.90 Å². The van der Waals surface area contributed by atoms with Crippen molar-refractivity contribution >= 4 is 5.96 Å². The first-order chi connectivity index (χ1) is 5.34. The van der Waals surface area contributed by atoms with Crippen molar-refractivity contribution in [1.29, 1.82) is 0 Å². The van der Waals surface area contributed by atoms with Crippen LogP contribution in [0.5, 0.6) is 0 Å². The van der Waals surface area contributed by atoms with Crippen LogP contribution in [-0.4, -0.2) is 56.6 Å². The molecule has 0 heterocycles. The summed E-state index contributed by atoms with van der Waals surface area (Å²) >= 11 is 0. The van der Waals surface area contributed by atoms with E-state index >= 15 is 0 Å². The van der Waals surface area contributed by atoms with Crippen molar-refractivity contribution in [2.45, 2.75) is 19.9 Å². The zero-order valence-electron chi connectivity index (χ0n) is 9.42. The Morgan fingerprint density at radius 3 is 1.75 bits per heavy atom. The van der Waals surface area contributed by atoms with Gasteiger partial charge in [-0.2, -0.15) is 0 Å². The zero-order chi connectivity index (χ0) is 9.94. The minimum absolute atomic E-state index is 0.547. The molecule has 0 aromatic carbocycles. The number of guanidine groups is 1. The first-order valence-electron chi connectivity index (χ1n) is 4.32. The molecule has 0 fully saturated rings. The fourth-order valence-electron chi connectivity index (χ4n) is 1.20. The van der Waals surface area contributed by atoms with Gasteiger partial charge in [-0.15, -0.1) is 0 Å². The molecule has 0 spiro atoms. The van der Waals surface area contributed by atoms with E-state index in [1.165, 1.54) is 0 Å². The molecule has 0 saturated carbocycles. The molecule has 0 bridgehead atoms. The summed E-state index contributed by atoms with van der Waals surface area (Å²) in [5, 5.41) is 0. The Balaban J connectivity index is 4.74. The van der Waals surface area contributed by atoms with Crippen molar-refractivity contribution in [3.63, 3.8) is 0 Å². The molecule has 0 amide bonds. The van der Waals surface area contributed by atoms with Crippen LogP contribution in [0.2, 0.25) is 0 Å². The predicted octanol–water partition coefficient (Wildman–Crippen LogP) is 1.02. The Hall–Kier alpha value is -0.570. The minimum Gasteiger partial charge on any atom is -0.317 e. The van der Waals surface area contributed by atoms with E-state index in [0.717, 1.165) is 10.4 Å². The second-order valence-corrected chi connectivity index (χ2v) is 4.05. The summed E-state index contributed by atoms with van der Waals surface area (Å²) in [7, 11) is 10.3. The third kappa shape index (κ3) is 2.21. The third-order valence-corrected chi connectivity index (χ3v) is 2.41. The van der Waals surface area contributed by atoms with Gasteiger partial charge in [-0.25, -0.2) is 4.99 Å². The fraction of sp³-hybridized carbons (Fsp3) is 0.889. The predicted molar refractivity (Wildman–Crippen MR) is 54.3 cm³/mol. The normalized spacial score (nSPS) is 13.8. The van der Waals surface area contributed by atoms with Crippen molar-refractivity contribution in [2.24, 2.45) is 4.99 Å². The highest BCUT2D eigenvalue weighted by Gasteiger charge is 2.28. The summed E-state index contributed by atoms with van der Waals surface area (Å²) in [5.74, 6) is 1.10. The molecule has 3 heteroatoms. The van der Waals surface area contributed by atoms with Gasteiger partial charge in [0, 0.05) is 21.1 Å². The highest BCUT2D eigenvalue weighted by molar-refractivity contribution is 5.72. The molecule has 72 valence electrons. The van der Waals surface area contributed by atoms with E-state index in [1.54, 1.807) is 0 Å². The molecular weight excluding hydrogens is 150 g/mol. The van der Waals surface area contributed by atoms with Gasteiger partial charge in [-0.05, 0) is 13.8 Å². The molecule has 0 N–H and O–H groups in total. The van der Waals surface area contributed by atoms with Crippen molar-refractivity contribution in [2.75, 3.05) is 35.2 Å². The average molecular weight is 172 g/mol. The number of nitrogens with zero attached hydrogens (tertiary/aromatic N) is 3. The largest absolute Gasteiger partial charge is 0.317 e. The summed E-state index contributed by atoms with van der Waals surface area (Å²) in [6.45, 7) is 4.41. The van der Waals surface area contributed by atoms with Crippen molar-refractivity contribution in [3.8, 4) is 0 Å². The smallest absolute Gasteiger partial charge is 0.299 e. The Kier molecular flexibility index (Phi) is 3.71. The maximum Gasteiger partial charge on any atom is 0.299 e. The zero-order valence-corrected chi connectivity index (χ0v) is 9.42. The second-order valence-electron chi connectivity index (χ2n) is 4.05. The van der Waals surface area contributed by atoms with Gasteiger partial charge >= 0.3 is 0 Å². The molecule has 0 aromatic rings. The SMILES string of the molecule is CN=C(N(C)C)[N+](C)(C)C(C)C. The Bertz CT molecular complexity index is 169. The van der Waals surface area contributed by atoms with Crippen LogP contribution >= 0.6 is 0 Å². The lowest BCUT2D eigenvalue weighted by Gasteiger charge is -2.36. The van der Waals surface area contributed by atoms with E-state index in [-0.39, 0.29) is 0 Å². The van der Waals surface area contributed by atoms with Gasteiger partial charge in [0.15, 0.2) is 0 Å². The maximum absolute atomic E-state index is 4.30. The lowest BCUT2D eigenvalue weighted by atomic mass is 10.3. The van der Waals surface area contributed by atoms with Crippen LogP contribution in [-0.2, 0) is 0 Å². The Morgan fingerprint density at radius 2 is 1.67 bits per heavy atom. The Morgan fingerprint density at radius 1 is 1.25 bits per heavy atom. The van der Waals surface area contributed by atoms with Crippen molar-refractivity contribution in [3.05, 3.63) is 0 Å². The average Bonchev–Trinajstić information content (AvgIpc) is 1.86. The van der Waals surface area contributed by atoms with Gasteiger partial charge in [0.05, 0.1) is 20.1 Å². The fourth-order valence-corrected chi connectivity index (χ4v) is 1.20. The van der Waals surface area contributed by atoms with Gasteiger partial charge in [0.25, 0.3) is 5.96 Å². The Labute approximate surface area is 76.3 Å². The molecule has 0 aliphatic rings. The van der Waals surface area contributed by atoms with Crippen LogP contribution in [0.4, 0.5) is 0 Å². The first kappa shape index (κ1) is 11.4. The molecule has 0 aromatic heterocycles. The standard InChI is InChI=1S/C9H22N3/c1-8(2)12(6,7)9(10-3)11(4)5/h8H,1-7H3/q+1. The van der Waals surface area contributed by atoms with Crippen molar-refractivity contribution < 1.29 is 4.48 Å². The first-order valence-corrected chi connectivity index (χ1v) is 4.32. The lowest BCUT2D eigenvalue weighted by Crippen LogP contribution is -2.55. The number of hydrogen-bond acceptors (Lipinski definition) is 1. The highest BCUT2D eigenvalue weighted by atomic mass is 15.5. The van der Waals surface area contributed by atoms with Crippen LogP contribution in [0.15, 0.2) is 4.99 Å².